The second-order valence-electron chi connectivity index (χ2n) is 5.47. The van der Waals surface area contributed by atoms with Gasteiger partial charge in [0, 0.05) is 0 Å². The van der Waals surface area contributed by atoms with E-state index in [4.69, 9.17) is 10.5 Å². The van der Waals surface area contributed by atoms with Gasteiger partial charge in [-0.3, -0.25) is 0 Å². The van der Waals surface area contributed by atoms with Crippen LogP contribution in [0.2, 0.25) is 0 Å². The molecule has 0 radical (unpaired) electrons. The Morgan fingerprint density at radius 1 is 1.12 bits per heavy atom. The van der Waals surface area contributed by atoms with Gasteiger partial charge in [0.2, 0.25) is 5.95 Å². The number of para-hydroxylation sites is 1. The number of fused-ring (bicyclic) bond motifs is 1. The van der Waals surface area contributed by atoms with Crippen LogP contribution in [0.4, 0.5) is 5.95 Å². The number of aromatic nitrogens is 3. The lowest BCUT2D eigenvalue weighted by Crippen LogP contribution is -2.27. The maximum Gasteiger partial charge on any atom is 0.228 e. The van der Waals surface area contributed by atoms with Crippen molar-refractivity contribution in [1.29, 1.82) is 5.26 Å². The first-order chi connectivity index (χ1) is 12.3. The molecule has 0 aliphatic carbocycles. The average molecular weight is 330 g/mol. The summed E-state index contributed by atoms with van der Waals surface area (Å²) in [7, 11) is 0. The highest BCUT2D eigenvalue weighted by Crippen LogP contribution is 2.34. The van der Waals surface area contributed by atoms with E-state index in [0.717, 1.165) is 11.3 Å². The van der Waals surface area contributed by atoms with Crippen molar-refractivity contribution in [2.24, 2.45) is 5.73 Å². The lowest BCUT2D eigenvalue weighted by molar-refractivity contribution is 0.481. The number of nitrogens with one attached hydrogen (secondary N) is 1. The predicted octanol–water partition coefficient (Wildman–Crippen LogP) is 2.89. The van der Waals surface area contributed by atoms with Gasteiger partial charge >= 0.3 is 0 Å². The summed E-state index contributed by atoms with van der Waals surface area (Å²) in [5.41, 5.74) is 7.31. The Hall–Kier alpha value is -3.79. The van der Waals surface area contributed by atoms with Crippen molar-refractivity contribution in [3.8, 4) is 17.6 Å². The summed E-state index contributed by atoms with van der Waals surface area (Å²) in [4.78, 5) is 4.13. The Labute approximate surface area is 144 Å². The summed E-state index contributed by atoms with van der Waals surface area (Å²) in [6, 6.07) is 18.8. The molecule has 1 aliphatic rings. The van der Waals surface area contributed by atoms with E-state index in [1.165, 1.54) is 11.0 Å². The van der Waals surface area contributed by atoms with E-state index in [2.05, 4.69) is 21.5 Å². The molecular weight excluding hydrogens is 316 g/mol. The van der Waals surface area contributed by atoms with E-state index in [1.54, 1.807) is 0 Å². The summed E-state index contributed by atoms with van der Waals surface area (Å²) < 4.78 is 7.28. The molecular formula is C18H14N6O. The standard InChI is InChI=1S/C18H14N6O/c19-10-15-16(23-18-21-11-22-24(18)17(15)20)12-5-4-8-14(9-12)25-13-6-2-1-3-7-13/h1-9,11,16H,20H2,(H,21,22,23)/t16-/m0/s1. The Morgan fingerprint density at radius 3 is 2.72 bits per heavy atom. The minimum absolute atomic E-state index is 0.271. The average Bonchev–Trinajstić information content (AvgIpc) is 3.12. The molecule has 0 saturated heterocycles. The molecule has 4 rings (SSSR count). The normalized spacial score (nSPS) is 15.9. The number of benzene rings is 2. The molecule has 0 bridgehead atoms. The SMILES string of the molecule is N#CC1=C(N)n2ncnc2N[C@H]1c1cccc(Oc2ccccc2)c1. The number of anilines is 1. The Bertz CT molecular complexity index is 986. The fourth-order valence-corrected chi connectivity index (χ4v) is 2.73. The van der Waals surface area contributed by atoms with Crippen LogP contribution < -0.4 is 15.8 Å². The maximum absolute atomic E-state index is 9.54. The van der Waals surface area contributed by atoms with E-state index in [-0.39, 0.29) is 5.82 Å². The number of nitriles is 1. The van der Waals surface area contributed by atoms with Crippen molar-refractivity contribution in [2.45, 2.75) is 6.04 Å². The Kier molecular flexibility index (Phi) is 3.56. The molecule has 0 saturated carbocycles. The topological polar surface area (TPSA) is 102 Å². The molecule has 122 valence electrons. The van der Waals surface area contributed by atoms with Gasteiger partial charge < -0.3 is 15.8 Å². The van der Waals surface area contributed by atoms with Crippen LogP contribution in [0, 0.1) is 11.3 Å². The van der Waals surface area contributed by atoms with Crippen LogP contribution in [-0.2, 0) is 0 Å². The summed E-state index contributed by atoms with van der Waals surface area (Å²) in [5.74, 6) is 2.18. The van der Waals surface area contributed by atoms with E-state index < -0.39 is 6.04 Å². The second-order valence-corrected chi connectivity index (χ2v) is 5.47. The largest absolute Gasteiger partial charge is 0.457 e. The van der Waals surface area contributed by atoms with E-state index in [1.807, 2.05) is 54.6 Å². The van der Waals surface area contributed by atoms with Crippen molar-refractivity contribution in [3.05, 3.63) is 72.1 Å². The van der Waals surface area contributed by atoms with Crippen LogP contribution >= 0.6 is 0 Å². The van der Waals surface area contributed by atoms with Gasteiger partial charge in [0.05, 0.1) is 11.6 Å². The maximum atomic E-state index is 9.54. The Morgan fingerprint density at radius 2 is 1.92 bits per heavy atom. The lowest BCUT2D eigenvalue weighted by Gasteiger charge is -2.25. The summed E-state index contributed by atoms with van der Waals surface area (Å²) in [6.07, 6.45) is 1.39. The van der Waals surface area contributed by atoms with Gasteiger partial charge in [0.15, 0.2) is 0 Å². The first-order valence-corrected chi connectivity index (χ1v) is 7.66. The first kappa shape index (κ1) is 14.8. The van der Waals surface area contributed by atoms with Gasteiger partial charge in [-0.05, 0) is 29.8 Å². The highest BCUT2D eigenvalue weighted by molar-refractivity contribution is 5.65. The molecule has 1 aromatic heterocycles. The molecule has 0 spiro atoms. The van der Waals surface area contributed by atoms with Crippen LogP contribution in [0.25, 0.3) is 5.82 Å². The Balaban J connectivity index is 1.69. The van der Waals surface area contributed by atoms with Gasteiger partial charge in [-0.25, -0.2) is 0 Å². The number of rotatable bonds is 3. The lowest BCUT2D eigenvalue weighted by atomic mass is 9.98. The van der Waals surface area contributed by atoms with E-state index >= 15 is 0 Å². The van der Waals surface area contributed by atoms with Crippen molar-refractivity contribution in [2.75, 3.05) is 5.32 Å². The van der Waals surface area contributed by atoms with Crippen molar-refractivity contribution in [1.82, 2.24) is 14.8 Å². The number of ether oxygens (including phenoxy) is 1. The van der Waals surface area contributed by atoms with Crippen LogP contribution in [0.15, 0.2) is 66.5 Å². The van der Waals surface area contributed by atoms with Gasteiger partial charge in [-0.1, -0.05) is 30.3 Å². The zero-order chi connectivity index (χ0) is 17.2. The van der Waals surface area contributed by atoms with Crippen LogP contribution in [0.1, 0.15) is 11.6 Å². The fourth-order valence-electron chi connectivity index (χ4n) is 2.73. The summed E-state index contributed by atoms with van der Waals surface area (Å²) in [5, 5.41) is 16.8. The fraction of sp³-hybridized carbons (Fsp3) is 0.0556. The van der Waals surface area contributed by atoms with Crippen molar-refractivity contribution in [3.63, 3.8) is 0 Å². The number of hydrogen-bond donors (Lipinski definition) is 2. The minimum Gasteiger partial charge on any atom is -0.457 e. The van der Waals surface area contributed by atoms with Crippen molar-refractivity contribution >= 4 is 11.8 Å². The number of hydrogen-bond acceptors (Lipinski definition) is 6. The third-order valence-electron chi connectivity index (χ3n) is 3.90. The van der Waals surface area contributed by atoms with Gasteiger partial charge in [-0.2, -0.15) is 20.0 Å². The predicted molar refractivity (Wildman–Crippen MR) is 92.4 cm³/mol. The van der Waals surface area contributed by atoms with Crippen molar-refractivity contribution < 1.29 is 4.74 Å². The third-order valence-corrected chi connectivity index (χ3v) is 3.90. The quantitative estimate of drug-likeness (QED) is 0.765. The molecule has 0 fully saturated rings. The molecule has 0 amide bonds. The summed E-state index contributed by atoms with van der Waals surface area (Å²) in [6.45, 7) is 0. The molecule has 2 heterocycles. The molecule has 7 heteroatoms. The van der Waals surface area contributed by atoms with Crippen LogP contribution in [0.3, 0.4) is 0 Å². The first-order valence-electron chi connectivity index (χ1n) is 7.66. The minimum atomic E-state index is -0.416. The third kappa shape index (κ3) is 2.66. The zero-order valence-corrected chi connectivity index (χ0v) is 13.1. The van der Waals surface area contributed by atoms with Gasteiger partial charge in [0.1, 0.15) is 29.7 Å². The molecule has 3 aromatic rings. The highest BCUT2D eigenvalue weighted by Gasteiger charge is 2.28. The monoisotopic (exact) mass is 330 g/mol. The number of nitrogens with two attached hydrogens (primary N) is 1. The molecule has 3 N–H and O–H groups in total. The molecule has 1 atom stereocenters. The number of nitrogens with zero attached hydrogens (tertiary/aromatic N) is 4. The highest BCUT2D eigenvalue weighted by atomic mass is 16.5. The van der Waals surface area contributed by atoms with E-state index in [9.17, 15) is 5.26 Å². The van der Waals surface area contributed by atoms with Crippen LogP contribution in [-0.4, -0.2) is 14.8 Å². The molecule has 0 unspecified atom stereocenters. The molecule has 1 aliphatic heterocycles. The smallest absolute Gasteiger partial charge is 0.228 e. The van der Waals surface area contributed by atoms with Gasteiger partial charge in [0.25, 0.3) is 0 Å². The molecule has 7 nitrogen and oxygen atoms in total. The molecule has 2 aromatic carbocycles. The zero-order valence-electron chi connectivity index (χ0n) is 13.1. The molecule has 25 heavy (non-hydrogen) atoms. The van der Waals surface area contributed by atoms with E-state index in [0.29, 0.717) is 17.3 Å². The summed E-state index contributed by atoms with van der Waals surface area (Å²) >= 11 is 0. The van der Waals surface area contributed by atoms with Gasteiger partial charge in [-0.15, -0.1) is 0 Å². The second kappa shape index (κ2) is 6.02. The van der Waals surface area contributed by atoms with Crippen LogP contribution in [0.5, 0.6) is 11.5 Å².